The molecule has 0 aromatic heterocycles. The monoisotopic (exact) mass is 379 g/mol. The third-order valence-corrected chi connectivity index (χ3v) is 4.38. The number of nitrogens with zero attached hydrogens (tertiary/aromatic N) is 1. The van der Waals surface area contributed by atoms with E-state index < -0.39 is 35.7 Å². The van der Waals surface area contributed by atoms with E-state index in [0.29, 0.717) is 16.0 Å². The Hall–Kier alpha value is -3.94. The molecule has 1 unspecified atom stereocenters. The van der Waals surface area contributed by atoms with E-state index in [9.17, 15) is 19.2 Å². The number of hydrogen-bond donors (Lipinski definition) is 0. The summed E-state index contributed by atoms with van der Waals surface area (Å²) < 4.78 is 15.3. The first-order valence-electron chi connectivity index (χ1n) is 8.24. The number of carbonyl (C=O) groups excluding carboxylic acids is 4. The average Bonchev–Trinajstić information content (AvgIpc) is 3.17. The topological polar surface area (TPSA) is 99.2 Å². The predicted octanol–water partition coefficient (Wildman–Crippen LogP) is 2.18. The Kier molecular flexibility index (Phi) is 4.15. The van der Waals surface area contributed by atoms with E-state index in [-0.39, 0.29) is 11.1 Å². The Morgan fingerprint density at radius 2 is 1.54 bits per heavy atom. The van der Waals surface area contributed by atoms with Crippen LogP contribution in [0.4, 0.5) is 0 Å². The molecule has 2 amide bonds. The molecule has 0 saturated heterocycles. The first-order valence-corrected chi connectivity index (χ1v) is 8.24. The molecule has 28 heavy (non-hydrogen) atoms. The van der Waals surface area contributed by atoms with Gasteiger partial charge >= 0.3 is 11.9 Å². The van der Waals surface area contributed by atoms with Crippen LogP contribution in [0, 0.1) is 0 Å². The molecule has 0 aliphatic carbocycles. The smallest absolute Gasteiger partial charge is 0.358 e. The van der Waals surface area contributed by atoms with Crippen LogP contribution in [-0.4, -0.2) is 35.8 Å². The number of amides is 2. The number of esters is 2. The second-order valence-corrected chi connectivity index (χ2v) is 5.95. The summed E-state index contributed by atoms with van der Waals surface area (Å²) in [6, 6.07) is 12.8. The number of imide groups is 1. The fourth-order valence-corrected chi connectivity index (χ4v) is 3.04. The van der Waals surface area contributed by atoms with Gasteiger partial charge in [0.25, 0.3) is 18.1 Å². The fourth-order valence-electron chi connectivity index (χ4n) is 3.04. The minimum Gasteiger partial charge on any atom is -0.464 e. The minimum absolute atomic E-state index is 0.167. The molecule has 0 fully saturated rings. The standard InChI is InChI=1S/C20H13NO7/c1-26-19(25)15(21-16(22)11-6-2-3-7-12(11)17(21)23)10-27-20-14-9-5-4-8-13(14)18(24)28-20/h2-10,20H,1H3/b15-10-. The third kappa shape index (κ3) is 2.62. The molecule has 8 nitrogen and oxygen atoms in total. The molecular formula is C20H13NO7. The predicted molar refractivity (Wildman–Crippen MR) is 92.7 cm³/mol. The van der Waals surface area contributed by atoms with Gasteiger partial charge in [-0.2, -0.15) is 0 Å². The van der Waals surface area contributed by atoms with E-state index in [1.54, 1.807) is 36.4 Å². The molecule has 0 spiro atoms. The fraction of sp³-hybridized carbons (Fsp3) is 0.100. The highest BCUT2D eigenvalue weighted by molar-refractivity contribution is 6.24. The Bertz CT molecular complexity index is 1020. The highest BCUT2D eigenvalue weighted by Gasteiger charge is 2.41. The van der Waals surface area contributed by atoms with Gasteiger partial charge in [-0.15, -0.1) is 0 Å². The van der Waals surface area contributed by atoms with Crippen molar-refractivity contribution in [2.24, 2.45) is 0 Å². The quantitative estimate of drug-likeness (QED) is 0.347. The van der Waals surface area contributed by atoms with Gasteiger partial charge in [0.05, 0.1) is 23.8 Å². The van der Waals surface area contributed by atoms with Gasteiger partial charge in [-0.3, -0.25) is 9.59 Å². The summed E-state index contributed by atoms with van der Waals surface area (Å²) in [5.74, 6) is -2.88. The van der Waals surface area contributed by atoms with Gasteiger partial charge in [0.15, 0.2) is 5.70 Å². The number of rotatable bonds is 4. The molecule has 2 aliphatic heterocycles. The molecule has 0 saturated carbocycles. The molecule has 2 aromatic carbocycles. The van der Waals surface area contributed by atoms with Crippen LogP contribution in [0.5, 0.6) is 0 Å². The molecule has 0 bridgehead atoms. The molecule has 0 radical (unpaired) electrons. The van der Waals surface area contributed by atoms with Crippen molar-refractivity contribution in [2.45, 2.75) is 6.29 Å². The Morgan fingerprint density at radius 3 is 2.14 bits per heavy atom. The molecule has 2 aromatic rings. The van der Waals surface area contributed by atoms with Gasteiger partial charge in [-0.1, -0.05) is 30.3 Å². The zero-order chi connectivity index (χ0) is 19.8. The van der Waals surface area contributed by atoms with E-state index in [0.717, 1.165) is 13.4 Å². The SMILES string of the molecule is COC(=O)/C(=C/OC1OC(=O)c2ccccc21)N1C(=O)c2ccccc2C1=O. The number of ether oxygens (including phenoxy) is 3. The van der Waals surface area contributed by atoms with E-state index in [1.807, 2.05) is 0 Å². The lowest BCUT2D eigenvalue weighted by atomic mass is 10.1. The lowest BCUT2D eigenvalue weighted by Gasteiger charge is -2.17. The Balaban J connectivity index is 1.67. The van der Waals surface area contributed by atoms with Crippen molar-refractivity contribution in [3.05, 3.63) is 82.7 Å². The lowest BCUT2D eigenvalue weighted by molar-refractivity contribution is -0.138. The number of carbonyl (C=O) groups is 4. The first kappa shape index (κ1) is 17.5. The molecule has 1 atom stereocenters. The van der Waals surface area contributed by atoms with E-state index in [4.69, 9.17) is 9.47 Å². The molecular weight excluding hydrogens is 366 g/mol. The second-order valence-electron chi connectivity index (χ2n) is 5.95. The summed E-state index contributed by atoms with van der Waals surface area (Å²) in [6.07, 6.45) is -0.216. The molecule has 0 N–H and O–H groups in total. The molecule has 2 heterocycles. The maximum Gasteiger partial charge on any atom is 0.358 e. The van der Waals surface area contributed by atoms with Crippen LogP contribution in [0.3, 0.4) is 0 Å². The van der Waals surface area contributed by atoms with Crippen molar-refractivity contribution in [1.82, 2.24) is 4.90 Å². The minimum atomic E-state index is -1.11. The van der Waals surface area contributed by atoms with Crippen LogP contribution in [-0.2, 0) is 19.0 Å². The number of fused-ring (bicyclic) bond motifs is 2. The second kappa shape index (κ2) is 6.66. The summed E-state index contributed by atoms with van der Waals surface area (Å²) in [6.45, 7) is 0. The average molecular weight is 379 g/mol. The Labute approximate surface area is 158 Å². The van der Waals surface area contributed by atoms with Gasteiger partial charge in [0.1, 0.15) is 6.26 Å². The van der Waals surface area contributed by atoms with Crippen molar-refractivity contribution in [3.8, 4) is 0 Å². The van der Waals surface area contributed by atoms with Crippen LogP contribution in [0.15, 0.2) is 60.5 Å². The van der Waals surface area contributed by atoms with Crippen LogP contribution in [0.1, 0.15) is 42.9 Å². The number of hydrogen-bond acceptors (Lipinski definition) is 7. The van der Waals surface area contributed by atoms with E-state index in [1.165, 1.54) is 12.1 Å². The summed E-state index contributed by atoms with van der Waals surface area (Å²) in [5, 5.41) is 0. The van der Waals surface area contributed by atoms with Crippen LogP contribution in [0.25, 0.3) is 0 Å². The number of benzene rings is 2. The summed E-state index contributed by atoms with van der Waals surface area (Å²) in [5.41, 5.74) is 0.714. The van der Waals surface area contributed by atoms with Crippen molar-refractivity contribution in [3.63, 3.8) is 0 Å². The zero-order valence-corrected chi connectivity index (χ0v) is 14.6. The largest absolute Gasteiger partial charge is 0.464 e. The Morgan fingerprint density at radius 1 is 0.964 bits per heavy atom. The first-order chi connectivity index (χ1) is 13.5. The van der Waals surface area contributed by atoms with E-state index in [2.05, 4.69) is 4.74 Å². The van der Waals surface area contributed by atoms with Crippen LogP contribution in [0.2, 0.25) is 0 Å². The van der Waals surface area contributed by atoms with Crippen molar-refractivity contribution >= 4 is 23.8 Å². The maximum atomic E-state index is 12.6. The number of methoxy groups -OCH3 is 1. The van der Waals surface area contributed by atoms with Crippen molar-refractivity contribution in [2.75, 3.05) is 7.11 Å². The molecule has 140 valence electrons. The lowest BCUT2D eigenvalue weighted by Crippen LogP contribution is -2.33. The van der Waals surface area contributed by atoms with Crippen LogP contribution < -0.4 is 0 Å². The van der Waals surface area contributed by atoms with Crippen LogP contribution >= 0.6 is 0 Å². The van der Waals surface area contributed by atoms with Gasteiger partial charge in [0, 0.05) is 5.56 Å². The van der Waals surface area contributed by atoms with Gasteiger partial charge in [-0.05, 0) is 18.2 Å². The molecule has 8 heteroatoms. The summed E-state index contributed by atoms with van der Waals surface area (Å²) >= 11 is 0. The van der Waals surface area contributed by atoms with Gasteiger partial charge < -0.3 is 14.2 Å². The normalized spacial score (nSPS) is 17.9. The van der Waals surface area contributed by atoms with Crippen molar-refractivity contribution in [1.29, 1.82) is 0 Å². The zero-order valence-electron chi connectivity index (χ0n) is 14.6. The number of cyclic esters (lactones) is 1. The summed E-state index contributed by atoms with van der Waals surface area (Å²) in [7, 11) is 1.11. The molecule has 4 rings (SSSR count). The third-order valence-electron chi connectivity index (χ3n) is 4.38. The van der Waals surface area contributed by atoms with Crippen molar-refractivity contribution < 1.29 is 33.4 Å². The highest BCUT2D eigenvalue weighted by atomic mass is 16.7. The van der Waals surface area contributed by atoms with Gasteiger partial charge in [-0.25, -0.2) is 14.5 Å². The molecule has 2 aliphatic rings. The highest BCUT2D eigenvalue weighted by Crippen LogP contribution is 2.32. The maximum absolute atomic E-state index is 12.6. The van der Waals surface area contributed by atoms with Gasteiger partial charge in [0.2, 0.25) is 0 Å². The summed E-state index contributed by atoms with van der Waals surface area (Å²) in [4.78, 5) is 50.1. The van der Waals surface area contributed by atoms with E-state index >= 15 is 0 Å².